The van der Waals surface area contributed by atoms with Crippen LogP contribution in [0.1, 0.15) is 11.1 Å². The van der Waals surface area contributed by atoms with Crippen LogP contribution in [0, 0.1) is 6.92 Å². The quantitative estimate of drug-likeness (QED) is 0.363. The van der Waals surface area contributed by atoms with Crippen LogP contribution >= 0.6 is 43.6 Å². The van der Waals surface area contributed by atoms with Gasteiger partial charge in [0, 0.05) is 5.69 Å². The van der Waals surface area contributed by atoms with E-state index in [1.54, 1.807) is 18.2 Å². The van der Waals surface area contributed by atoms with Crippen LogP contribution in [0.4, 0.5) is 10.5 Å². The molecule has 3 amide bonds. The zero-order chi connectivity index (χ0) is 24.1. The summed E-state index contributed by atoms with van der Waals surface area (Å²) in [6.07, 6.45) is 1.53. The molecule has 0 radical (unpaired) electrons. The minimum absolute atomic E-state index is 0.175. The van der Waals surface area contributed by atoms with Crippen LogP contribution in [0.5, 0.6) is 5.75 Å². The first-order valence-electron chi connectivity index (χ1n) is 9.48. The van der Waals surface area contributed by atoms with E-state index < -0.39 is 23.7 Å². The second-order valence-corrected chi connectivity index (χ2v) is 9.57. The van der Waals surface area contributed by atoms with Crippen molar-refractivity contribution in [2.75, 3.05) is 25.6 Å². The number of nitrogens with one attached hydrogen (secondary N) is 1. The predicted molar refractivity (Wildman–Crippen MR) is 132 cm³/mol. The van der Waals surface area contributed by atoms with Crippen LogP contribution in [-0.4, -0.2) is 48.2 Å². The topological polar surface area (TPSA) is 102 Å². The fourth-order valence-electron chi connectivity index (χ4n) is 2.84. The summed E-state index contributed by atoms with van der Waals surface area (Å²) in [4.78, 5) is 49.2. The molecule has 0 unspecified atom stereocenters. The monoisotopic (exact) mass is 596 g/mol. The van der Waals surface area contributed by atoms with Crippen molar-refractivity contribution in [1.82, 2.24) is 4.90 Å². The zero-order valence-electron chi connectivity index (χ0n) is 17.5. The number of carbonyl (C=O) groups is 4. The van der Waals surface area contributed by atoms with Crippen molar-refractivity contribution in [3.8, 4) is 5.75 Å². The number of rotatable bonds is 7. The Morgan fingerprint density at radius 2 is 1.85 bits per heavy atom. The molecule has 1 aliphatic heterocycles. The molecule has 1 saturated heterocycles. The Labute approximate surface area is 210 Å². The fraction of sp³-hybridized carbons (Fsp3) is 0.182. The van der Waals surface area contributed by atoms with Crippen LogP contribution in [0.25, 0.3) is 6.08 Å². The number of esters is 1. The lowest BCUT2D eigenvalue weighted by Crippen LogP contribution is -2.34. The molecule has 1 heterocycles. The van der Waals surface area contributed by atoms with Gasteiger partial charge in [-0.15, -0.1) is 0 Å². The number of ether oxygens (including phenoxy) is 2. The molecule has 0 aliphatic carbocycles. The molecule has 0 bridgehead atoms. The second-order valence-electron chi connectivity index (χ2n) is 6.86. The number of nitrogens with zero attached hydrogens (tertiary/aromatic N) is 1. The number of halogens is 2. The molecular weight excluding hydrogens is 580 g/mol. The van der Waals surface area contributed by atoms with Gasteiger partial charge in [-0.1, -0.05) is 12.1 Å². The van der Waals surface area contributed by atoms with Gasteiger partial charge >= 0.3 is 5.97 Å². The Bertz CT molecular complexity index is 1140. The van der Waals surface area contributed by atoms with Crippen molar-refractivity contribution in [1.29, 1.82) is 0 Å². The first-order valence-corrected chi connectivity index (χ1v) is 11.9. The van der Waals surface area contributed by atoms with Crippen molar-refractivity contribution in [2.24, 2.45) is 0 Å². The summed E-state index contributed by atoms with van der Waals surface area (Å²) in [7, 11) is 1.18. The highest BCUT2D eigenvalue weighted by Gasteiger charge is 2.36. The Morgan fingerprint density at radius 1 is 1.15 bits per heavy atom. The molecule has 33 heavy (non-hydrogen) atoms. The molecule has 0 aromatic heterocycles. The SMILES string of the molecule is COC(=O)CN1C(=O)S/C(=C\c2cc(Br)c(OCC(=O)Nc3cccc(C)c3)c(Br)c2)C1=O. The number of anilines is 1. The molecule has 3 rings (SSSR count). The molecule has 11 heteroatoms. The highest BCUT2D eigenvalue weighted by molar-refractivity contribution is 9.11. The van der Waals surface area contributed by atoms with Gasteiger partial charge in [0.2, 0.25) is 0 Å². The van der Waals surface area contributed by atoms with Crippen LogP contribution in [0.2, 0.25) is 0 Å². The first-order chi connectivity index (χ1) is 15.7. The summed E-state index contributed by atoms with van der Waals surface area (Å²) < 4.78 is 11.3. The van der Waals surface area contributed by atoms with Crippen molar-refractivity contribution >= 4 is 78.4 Å². The molecule has 8 nitrogen and oxygen atoms in total. The van der Waals surface area contributed by atoms with Crippen LogP contribution < -0.4 is 10.1 Å². The second kappa shape index (κ2) is 11.0. The Kier molecular flexibility index (Phi) is 8.33. The number of hydrogen-bond donors (Lipinski definition) is 1. The largest absolute Gasteiger partial charge is 0.481 e. The summed E-state index contributed by atoms with van der Waals surface area (Å²) in [5.74, 6) is -1.17. The highest BCUT2D eigenvalue weighted by atomic mass is 79.9. The van der Waals surface area contributed by atoms with Gasteiger partial charge in [-0.2, -0.15) is 0 Å². The van der Waals surface area contributed by atoms with Crippen molar-refractivity contribution in [3.63, 3.8) is 0 Å². The van der Waals surface area contributed by atoms with E-state index in [9.17, 15) is 19.2 Å². The van der Waals surface area contributed by atoms with E-state index in [2.05, 4.69) is 41.9 Å². The Balaban J connectivity index is 1.68. The van der Waals surface area contributed by atoms with E-state index in [4.69, 9.17) is 4.74 Å². The maximum Gasteiger partial charge on any atom is 0.325 e. The standard InChI is InChI=1S/C22H18Br2N2O6S/c1-12-4-3-5-14(6-12)25-18(27)11-32-20-15(23)7-13(8-16(20)24)9-17-21(29)26(22(30)33-17)10-19(28)31-2/h3-9H,10-11H2,1-2H3,(H,25,27)/b17-9-. The van der Waals surface area contributed by atoms with Gasteiger partial charge in [0.15, 0.2) is 6.61 Å². The van der Waals surface area contributed by atoms with E-state index in [0.29, 0.717) is 25.9 Å². The van der Waals surface area contributed by atoms with Gasteiger partial charge in [0.05, 0.1) is 21.0 Å². The minimum Gasteiger partial charge on any atom is -0.481 e. The lowest BCUT2D eigenvalue weighted by atomic mass is 10.2. The number of hydrogen-bond acceptors (Lipinski definition) is 7. The Morgan fingerprint density at radius 3 is 2.48 bits per heavy atom. The van der Waals surface area contributed by atoms with Crippen LogP contribution in [-0.2, 0) is 19.1 Å². The summed E-state index contributed by atoms with van der Waals surface area (Å²) >= 11 is 7.55. The van der Waals surface area contributed by atoms with Gasteiger partial charge in [0.25, 0.3) is 17.1 Å². The highest BCUT2D eigenvalue weighted by Crippen LogP contribution is 2.37. The normalized spacial score (nSPS) is 14.5. The van der Waals surface area contributed by atoms with Gasteiger partial charge in [-0.25, -0.2) is 0 Å². The van der Waals surface area contributed by atoms with Crippen LogP contribution in [0.15, 0.2) is 50.2 Å². The average Bonchev–Trinajstić information content (AvgIpc) is 3.00. The summed E-state index contributed by atoms with van der Waals surface area (Å²) in [5.41, 5.74) is 2.31. The van der Waals surface area contributed by atoms with Crippen LogP contribution in [0.3, 0.4) is 0 Å². The van der Waals surface area contributed by atoms with Gasteiger partial charge in [-0.05, 0) is 92.0 Å². The summed E-state index contributed by atoms with van der Waals surface area (Å²) in [6, 6.07) is 10.8. The molecule has 1 aliphatic rings. The Hall–Kier alpha value is -2.63. The van der Waals surface area contributed by atoms with Crippen molar-refractivity contribution in [3.05, 3.63) is 61.4 Å². The van der Waals surface area contributed by atoms with Crippen molar-refractivity contribution in [2.45, 2.75) is 6.92 Å². The van der Waals surface area contributed by atoms with E-state index in [-0.39, 0.29) is 17.4 Å². The first kappa shape index (κ1) is 25.0. The molecular formula is C22H18Br2N2O6S. The molecule has 2 aromatic carbocycles. The number of amides is 3. The number of carbonyl (C=O) groups excluding carboxylic acids is 4. The molecule has 172 valence electrons. The van der Waals surface area contributed by atoms with E-state index in [1.807, 2.05) is 25.1 Å². The van der Waals surface area contributed by atoms with E-state index >= 15 is 0 Å². The molecule has 1 N–H and O–H groups in total. The van der Waals surface area contributed by atoms with Gasteiger partial charge < -0.3 is 14.8 Å². The third kappa shape index (κ3) is 6.46. The van der Waals surface area contributed by atoms with E-state index in [1.165, 1.54) is 13.2 Å². The number of aryl methyl sites for hydroxylation is 1. The number of thioether (sulfide) groups is 1. The molecule has 0 atom stereocenters. The smallest absolute Gasteiger partial charge is 0.325 e. The fourth-order valence-corrected chi connectivity index (χ4v) is 5.13. The third-order valence-corrected chi connectivity index (χ3v) is 6.44. The van der Waals surface area contributed by atoms with E-state index in [0.717, 1.165) is 22.2 Å². The summed E-state index contributed by atoms with van der Waals surface area (Å²) in [6.45, 7) is 1.28. The van der Waals surface area contributed by atoms with Gasteiger partial charge in [-0.3, -0.25) is 24.1 Å². The number of methoxy groups -OCH3 is 1. The summed E-state index contributed by atoms with van der Waals surface area (Å²) in [5, 5.41) is 2.22. The van der Waals surface area contributed by atoms with Gasteiger partial charge in [0.1, 0.15) is 12.3 Å². The molecule has 0 saturated carbocycles. The number of benzene rings is 2. The molecule has 1 fully saturated rings. The third-order valence-electron chi connectivity index (χ3n) is 4.36. The predicted octanol–water partition coefficient (Wildman–Crippen LogP) is 4.75. The van der Waals surface area contributed by atoms with Crippen molar-refractivity contribution < 1.29 is 28.7 Å². The zero-order valence-corrected chi connectivity index (χ0v) is 21.5. The average molecular weight is 598 g/mol. The molecule has 2 aromatic rings. The minimum atomic E-state index is -0.683. The maximum absolute atomic E-state index is 12.5. The maximum atomic E-state index is 12.5. The molecule has 0 spiro atoms. The lowest BCUT2D eigenvalue weighted by molar-refractivity contribution is -0.143. The number of imide groups is 1. The lowest BCUT2D eigenvalue weighted by Gasteiger charge is -2.12.